The van der Waals surface area contributed by atoms with Gasteiger partial charge in [-0.3, -0.25) is 0 Å². The van der Waals surface area contributed by atoms with Gasteiger partial charge in [0.2, 0.25) is 0 Å². The summed E-state index contributed by atoms with van der Waals surface area (Å²) in [4.78, 5) is 13.8. The van der Waals surface area contributed by atoms with Crippen LogP contribution >= 0.6 is 11.6 Å². The van der Waals surface area contributed by atoms with Gasteiger partial charge < -0.3 is 20.1 Å². The van der Waals surface area contributed by atoms with Crippen molar-refractivity contribution in [3.63, 3.8) is 0 Å². The number of esters is 1. The number of hydrogen-bond donors (Lipinski definition) is 1. The summed E-state index contributed by atoms with van der Waals surface area (Å²) in [7, 11) is 1.37. The fraction of sp³-hybridized carbons (Fsp3) is 0.389. The molecule has 2 atom stereocenters. The van der Waals surface area contributed by atoms with Crippen molar-refractivity contribution in [3.05, 3.63) is 46.1 Å². The molecular weight excluding hydrogens is 356 g/mol. The molecule has 26 heavy (non-hydrogen) atoms. The molecule has 138 valence electrons. The predicted molar refractivity (Wildman–Crippen MR) is 99.5 cm³/mol. The molecule has 3 rings (SSSR count). The maximum absolute atomic E-state index is 11.7. The lowest BCUT2D eigenvalue weighted by molar-refractivity contribution is -0.0176. The van der Waals surface area contributed by atoms with Crippen LogP contribution < -0.4 is 10.6 Å². The molecule has 0 amide bonds. The molecule has 0 bridgehead atoms. The number of methoxy groups -OCH3 is 1. The minimum absolute atomic E-state index is 0.0141. The molecule has 8 heteroatoms. The van der Waals surface area contributed by atoms with Gasteiger partial charge in [0.15, 0.2) is 11.0 Å². The van der Waals surface area contributed by atoms with Gasteiger partial charge in [-0.25, -0.2) is 4.79 Å². The number of aromatic nitrogens is 2. The van der Waals surface area contributed by atoms with E-state index in [9.17, 15) is 4.79 Å². The summed E-state index contributed by atoms with van der Waals surface area (Å²) in [6.07, 6.45) is -0.184. The first-order chi connectivity index (χ1) is 12.4. The van der Waals surface area contributed by atoms with E-state index in [0.717, 1.165) is 16.8 Å². The van der Waals surface area contributed by atoms with Crippen molar-refractivity contribution in [2.75, 3.05) is 30.8 Å². The number of ether oxygens (including phenoxy) is 2. The Morgan fingerprint density at radius 2 is 2.12 bits per heavy atom. The number of morpholine rings is 1. The zero-order chi connectivity index (χ0) is 18.8. The summed E-state index contributed by atoms with van der Waals surface area (Å²) in [5.74, 6) is -0.0236. The first-order valence-electron chi connectivity index (χ1n) is 8.27. The summed E-state index contributed by atoms with van der Waals surface area (Å²) in [5, 5.41) is 7.96. The van der Waals surface area contributed by atoms with Crippen LogP contribution in [0.15, 0.2) is 24.3 Å². The van der Waals surface area contributed by atoms with Crippen LogP contribution in [0, 0.1) is 6.92 Å². The summed E-state index contributed by atoms with van der Waals surface area (Å²) >= 11 is 5.98. The number of nitrogens with two attached hydrogens (primary N) is 1. The van der Waals surface area contributed by atoms with Gasteiger partial charge in [0.25, 0.3) is 0 Å². The number of carbonyl (C=O) groups is 1. The highest BCUT2D eigenvalue weighted by molar-refractivity contribution is 6.29. The first kappa shape index (κ1) is 18.4. The van der Waals surface area contributed by atoms with Gasteiger partial charge in [-0.15, -0.1) is 10.2 Å². The zero-order valence-corrected chi connectivity index (χ0v) is 15.7. The fourth-order valence-electron chi connectivity index (χ4n) is 3.22. The Morgan fingerprint density at radius 1 is 1.35 bits per heavy atom. The molecule has 0 aliphatic carbocycles. The number of anilines is 2. The summed E-state index contributed by atoms with van der Waals surface area (Å²) in [6.45, 7) is 5.22. The van der Waals surface area contributed by atoms with Crippen LogP contribution in [0.3, 0.4) is 0 Å². The smallest absolute Gasteiger partial charge is 0.337 e. The normalized spacial score (nSPS) is 20.1. The van der Waals surface area contributed by atoms with Gasteiger partial charge in [-0.2, -0.15) is 0 Å². The van der Waals surface area contributed by atoms with Crippen LogP contribution in [0.5, 0.6) is 0 Å². The van der Waals surface area contributed by atoms with E-state index in [2.05, 4.69) is 15.1 Å². The van der Waals surface area contributed by atoms with E-state index in [1.165, 1.54) is 7.11 Å². The van der Waals surface area contributed by atoms with Gasteiger partial charge in [0.05, 0.1) is 24.5 Å². The van der Waals surface area contributed by atoms with E-state index >= 15 is 0 Å². The molecule has 1 fully saturated rings. The van der Waals surface area contributed by atoms with E-state index in [4.69, 9.17) is 26.8 Å². The second-order valence-corrected chi connectivity index (χ2v) is 6.73. The van der Waals surface area contributed by atoms with Gasteiger partial charge >= 0.3 is 5.97 Å². The third-order valence-corrected chi connectivity index (χ3v) is 4.59. The van der Waals surface area contributed by atoms with Crippen molar-refractivity contribution < 1.29 is 14.3 Å². The lowest BCUT2D eigenvalue weighted by atomic mass is 9.98. The Balaban J connectivity index is 1.89. The van der Waals surface area contributed by atoms with Crippen molar-refractivity contribution in [1.29, 1.82) is 0 Å². The monoisotopic (exact) mass is 376 g/mol. The van der Waals surface area contributed by atoms with E-state index in [-0.39, 0.29) is 18.2 Å². The molecule has 2 N–H and O–H groups in total. The maximum atomic E-state index is 11.7. The van der Waals surface area contributed by atoms with E-state index in [0.29, 0.717) is 29.6 Å². The Kier molecular flexibility index (Phi) is 5.29. The first-order valence-corrected chi connectivity index (χ1v) is 8.64. The maximum Gasteiger partial charge on any atom is 0.337 e. The van der Waals surface area contributed by atoms with E-state index < -0.39 is 0 Å². The van der Waals surface area contributed by atoms with Crippen molar-refractivity contribution >= 4 is 29.1 Å². The van der Waals surface area contributed by atoms with Crippen LogP contribution in [-0.4, -0.2) is 42.5 Å². The molecule has 7 nitrogen and oxygen atoms in total. The number of hydrogen-bond acceptors (Lipinski definition) is 7. The quantitative estimate of drug-likeness (QED) is 0.823. The van der Waals surface area contributed by atoms with Crippen LogP contribution in [-0.2, 0) is 9.47 Å². The van der Waals surface area contributed by atoms with E-state index in [1.54, 1.807) is 12.1 Å². The van der Waals surface area contributed by atoms with Crippen LogP contribution in [0.25, 0.3) is 0 Å². The molecule has 1 aliphatic heterocycles. The minimum atomic E-state index is -0.357. The van der Waals surface area contributed by atoms with Crippen molar-refractivity contribution in [3.8, 4) is 0 Å². The highest BCUT2D eigenvalue weighted by atomic mass is 35.5. The molecular formula is C18H21ClN4O3. The van der Waals surface area contributed by atoms with Gasteiger partial charge in [-0.1, -0.05) is 17.7 Å². The average Bonchev–Trinajstić information content (AvgIpc) is 2.62. The van der Waals surface area contributed by atoms with Crippen molar-refractivity contribution in [2.45, 2.75) is 26.1 Å². The highest BCUT2D eigenvalue weighted by Gasteiger charge is 2.29. The Bertz CT molecular complexity index is 830. The summed E-state index contributed by atoms with van der Waals surface area (Å²) in [6, 6.07) is 7.18. The lowest BCUT2D eigenvalue weighted by Gasteiger charge is -2.39. The molecule has 1 aliphatic rings. The predicted octanol–water partition coefficient (Wildman–Crippen LogP) is 2.77. The van der Waals surface area contributed by atoms with Crippen LogP contribution in [0.1, 0.15) is 34.5 Å². The number of benzene rings is 1. The number of nitrogen functional groups attached to an aromatic ring is 1. The Morgan fingerprint density at radius 3 is 2.81 bits per heavy atom. The van der Waals surface area contributed by atoms with Crippen LogP contribution in [0.4, 0.5) is 11.5 Å². The fourth-order valence-corrected chi connectivity index (χ4v) is 3.36. The molecule has 0 radical (unpaired) electrons. The van der Waals surface area contributed by atoms with Gasteiger partial charge in [0, 0.05) is 19.2 Å². The SMILES string of the molecule is COC(=O)c1ccc([C@@H]2CN(c3cc(Cl)nnc3N)C[C@H](C)O2)c(C)c1. The van der Waals surface area contributed by atoms with Crippen molar-refractivity contribution in [2.24, 2.45) is 0 Å². The topological polar surface area (TPSA) is 90.6 Å². The third kappa shape index (κ3) is 3.73. The molecule has 0 saturated carbocycles. The number of carbonyl (C=O) groups excluding carboxylic acids is 1. The minimum Gasteiger partial charge on any atom is -0.465 e. The lowest BCUT2D eigenvalue weighted by Crippen LogP contribution is -2.43. The Labute approximate surface area is 157 Å². The Hall–Kier alpha value is -2.38. The summed E-state index contributed by atoms with van der Waals surface area (Å²) < 4.78 is 10.9. The standard InChI is InChI=1S/C18H21ClN4O3/c1-10-6-12(18(24)25-3)4-5-13(10)15-9-23(8-11(2)26-15)14-7-16(19)21-22-17(14)20/h4-7,11,15H,8-9H2,1-3H3,(H2,20,22)/t11-,15-/m0/s1. The molecule has 1 aromatic heterocycles. The molecule has 1 aromatic carbocycles. The molecule has 0 spiro atoms. The molecule has 2 aromatic rings. The van der Waals surface area contributed by atoms with Gasteiger partial charge in [-0.05, 0) is 37.1 Å². The molecule has 0 unspecified atom stereocenters. The molecule has 2 heterocycles. The molecule has 1 saturated heterocycles. The highest BCUT2D eigenvalue weighted by Crippen LogP contribution is 2.33. The number of nitrogens with zero attached hydrogens (tertiary/aromatic N) is 3. The number of rotatable bonds is 3. The van der Waals surface area contributed by atoms with E-state index in [1.807, 2.05) is 26.0 Å². The van der Waals surface area contributed by atoms with Crippen molar-refractivity contribution in [1.82, 2.24) is 10.2 Å². The van der Waals surface area contributed by atoms with Crippen LogP contribution in [0.2, 0.25) is 5.15 Å². The largest absolute Gasteiger partial charge is 0.465 e. The van der Waals surface area contributed by atoms with Gasteiger partial charge in [0.1, 0.15) is 6.10 Å². The number of aryl methyl sites for hydroxylation is 1. The number of halogens is 1. The average molecular weight is 377 g/mol. The third-order valence-electron chi connectivity index (χ3n) is 4.41. The second kappa shape index (κ2) is 7.47. The zero-order valence-electron chi connectivity index (χ0n) is 14.9. The second-order valence-electron chi connectivity index (χ2n) is 6.34. The summed E-state index contributed by atoms with van der Waals surface area (Å²) in [5.41, 5.74) is 9.22.